The lowest BCUT2D eigenvalue weighted by Gasteiger charge is -1.96. The fraction of sp³-hybridized carbons (Fsp3) is 0.0667. The van der Waals surface area contributed by atoms with Crippen LogP contribution in [0.15, 0.2) is 52.9 Å². The van der Waals surface area contributed by atoms with E-state index in [2.05, 4.69) is 6.07 Å². The predicted octanol–water partition coefficient (Wildman–Crippen LogP) is 3.91. The Kier molecular flexibility index (Phi) is 2.33. The van der Waals surface area contributed by atoms with Gasteiger partial charge in [0.15, 0.2) is 0 Å². The second-order valence-electron chi connectivity index (χ2n) is 3.79. The molecule has 2 heteroatoms. The van der Waals surface area contributed by atoms with Crippen molar-refractivity contribution in [2.45, 2.75) is 0 Å². The molecule has 1 aromatic heterocycles. The van der Waals surface area contributed by atoms with Crippen LogP contribution in [-0.4, -0.2) is 7.11 Å². The molecule has 0 bridgehead atoms. The van der Waals surface area contributed by atoms with Crippen LogP contribution in [0.4, 0.5) is 0 Å². The second-order valence-corrected chi connectivity index (χ2v) is 3.79. The molecule has 1 radical (unpaired) electrons. The lowest BCUT2D eigenvalue weighted by Crippen LogP contribution is -1.79. The van der Waals surface area contributed by atoms with Crippen molar-refractivity contribution in [3.05, 3.63) is 54.6 Å². The minimum atomic E-state index is 0.828. The third-order valence-corrected chi connectivity index (χ3v) is 2.70. The van der Waals surface area contributed by atoms with Gasteiger partial charge in [0.2, 0.25) is 0 Å². The maximum Gasteiger partial charge on any atom is 0.136 e. The van der Waals surface area contributed by atoms with Crippen LogP contribution in [0.25, 0.3) is 22.3 Å². The molecule has 3 aromatic rings. The first-order chi connectivity index (χ1) is 8.36. The Balaban J connectivity index is 2.14. The van der Waals surface area contributed by atoms with Crippen molar-refractivity contribution in [1.29, 1.82) is 0 Å². The summed E-state index contributed by atoms with van der Waals surface area (Å²) in [6.45, 7) is 0. The summed E-state index contributed by atoms with van der Waals surface area (Å²) in [5, 5.41) is 1.04. The van der Waals surface area contributed by atoms with Gasteiger partial charge in [-0.1, -0.05) is 24.3 Å². The Labute approximate surface area is 99.4 Å². The van der Waals surface area contributed by atoms with E-state index < -0.39 is 0 Å². The van der Waals surface area contributed by atoms with Crippen LogP contribution in [0.1, 0.15) is 0 Å². The highest BCUT2D eigenvalue weighted by molar-refractivity contribution is 5.83. The number of methoxy groups -OCH3 is 1. The maximum atomic E-state index is 5.77. The minimum Gasteiger partial charge on any atom is -0.497 e. The largest absolute Gasteiger partial charge is 0.497 e. The standard InChI is InChI=1S/C15H11O2/c1-16-13-7-8-14-12(9-13)10-15(17-14)11-5-3-2-4-6-11/h2-5,7-10H,1H3. The quantitative estimate of drug-likeness (QED) is 0.657. The highest BCUT2D eigenvalue weighted by Gasteiger charge is 2.06. The molecule has 0 fully saturated rings. The second kappa shape index (κ2) is 3.98. The monoisotopic (exact) mass is 223 g/mol. The Morgan fingerprint density at radius 2 is 2.06 bits per heavy atom. The van der Waals surface area contributed by atoms with Gasteiger partial charge in [-0.2, -0.15) is 0 Å². The topological polar surface area (TPSA) is 22.4 Å². The van der Waals surface area contributed by atoms with Crippen LogP contribution in [0, 0.1) is 6.07 Å². The normalized spacial score (nSPS) is 10.6. The molecule has 0 amide bonds. The Bertz CT molecular complexity index is 638. The van der Waals surface area contributed by atoms with Crippen LogP contribution < -0.4 is 4.74 Å². The predicted molar refractivity (Wildman–Crippen MR) is 67.0 cm³/mol. The number of rotatable bonds is 2. The van der Waals surface area contributed by atoms with Crippen LogP contribution in [0.2, 0.25) is 0 Å². The molecule has 2 nitrogen and oxygen atoms in total. The molecule has 0 aliphatic rings. The van der Waals surface area contributed by atoms with Crippen molar-refractivity contribution >= 4 is 11.0 Å². The SMILES string of the molecule is COc1ccc2oc(-c3[c]cccc3)cc2c1. The van der Waals surface area contributed by atoms with E-state index in [1.165, 1.54) is 0 Å². The van der Waals surface area contributed by atoms with Gasteiger partial charge in [0, 0.05) is 10.9 Å². The van der Waals surface area contributed by atoms with E-state index in [1.54, 1.807) is 7.11 Å². The molecule has 2 aromatic carbocycles. The summed E-state index contributed by atoms with van der Waals surface area (Å²) < 4.78 is 11.0. The minimum absolute atomic E-state index is 0.828. The van der Waals surface area contributed by atoms with Crippen LogP contribution in [-0.2, 0) is 0 Å². The van der Waals surface area contributed by atoms with E-state index >= 15 is 0 Å². The highest BCUT2D eigenvalue weighted by Crippen LogP contribution is 2.29. The van der Waals surface area contributed by atoms with Gasteiger partial charge in [0.25, 0.3) is 0 Å². The fourth-order valence-corrected chi connectivity index (χ4v) is 1.83. The van der Waals surface area contributed by atoms with Gasteiger partial charge in [-0.15, -0.1) is 0 Å². The zero-order chi connectivity index (χ0) is 11.7. The molecule has 83 valence electrons. The number of benzene rings is 2. The van der Waals surface area contributed by atoms with Crippen LogP contribution in [0.5, 0.6) is 5.75 Å². The zero-order valence-corrected chi connectivity index (χ0v) is 9.44. The fourth-order valence-electron chi connectivity index (χ4n) is 1.83. The van der Waals surface area contributed by atoms with Gasteiger partial charge in [0.05, 0.1) is 7.11 Å². The molecule has 1 heterocycles. The van der Waals surface area contributed by atoms with Gasteiger partial charge < -0.3 is 9.15 Å². The average molecular weight is 223 g/mol. The average Bonchev–Trinajstić information content (AvgIpc) is 2.82. The molecule has 17 heavy (non-hydrogen) atoms. The molecule has 0 N–H and O–H groups in total. The van der Waals surface area contributed by atoms with Gasteiger partial charge >= 0.3 is 0 Å². The first kappa shape index (κ1) is 9.97. The smallest absolute Gasteiger partial charge is 0.136 e. The number of fused-ring (bicyclic) bond motifs is 1. The van der Waals surface area contributed by atoms with Gasteiger partial charge in [-0.3, -0.25) is 0 Å². The molecule has 0 atom stereocenters. The molecule has 0 saturated heterocycles. The molecule has 0 spiro atoms. The van der Waals surface area contributed by atoms with Gasteiger partial charge in [-0.25, -0.2) is 0 Å². The Hall–Kier alpha value is -2.22. The maximum absolute atomic E-state index is 5.77. The van der Waals surface area contributed by atoms with E-state index in [0.29, 0.717) is 0 Å². The van der Waals surface area contributed by atoms with Crippen molar-refractivity contribution in [1.82, 2.24) is 0 Å². The Morgan fingerprint density at radius 3 is 2.82 bits per heavy atom. The first-order valence-electron chi connectivity index (χ1n) is 5.41. The molecular formula is C15H11O2. The third kappa shape index (κ3) is 1.78. The van der Waals surface area contributed by atoms with Gasteiger partial charge in [-0.05, 0) is 30.3 Å². The lowest BCUT2D eigenvalue weighted by atomic mass is 10.1. The lowest BCUT2D eigenvalue weighted by molar-refractivity contribution is 0.415. The summed E-state index contributed by atoms with van der Waals surface area (Å²) in [7, 11) is 1.66. The van der Waals surface area contributed by atoms with E-state index in [4.69, 9.17) is 9.15 Å². The van der Waals surface area contributed by atoms with Gasteiger partial charge in [0.1, 0.15) is 17.1 Å². The summed E-state index contributed by atoms with van der Waals surface area (Å²) in [5.41, 5.74) is 1.82. The van der Waals surface area contributed by atoms with E-state index in [1.807, 2.05) is 48.5 Å². The summed E-state index contributed by atoms with van der Waals surface area (Å²) in [4.78, 5) is 0. The summed E-state index contributed by atoms with van der Waals surface area (Å²) in [6, 6.07) is 18.7. The molecule has 0 aliphatic heterocycles. The van der Waals surface area contributed by atoms with Crippen molar-refractivity contribution in [3.63, 3.8) is 0 Å². The van der Waals surface area contributed by atoms with Crippen molar-refractivity contribution < 1.29 is 9.15 Å². The highest BCUT2D eigenvalue weighted by atomic mass is 16.5. The molecular weight excluding hydrogens is 212 g/mol. The number of furan rings is 1. The molecule has 3 rings (SSSR count). The summed E-state index contributed by atoms with van der Waals surface area (Å²) in [5.74, 6) is 1.66. The third-order valence-electron chi connectivity index (χ3n) is 2.70. The summed E-state index contributed by atoms with van der Waals surface area (Å²) in [6.07, 6.45) is 0. The molecule has 0 unspecified atom stereocenters. The van der Waals surface area contributed by atoms with Crippen molar-refractivity contribution in [3.8, 4) is 17.1 Å². The van der Waals surface area contributed by atoms with Crippen molar-refractivity contribution in [2.24, 2.45) is 0 Å². The van der Waals surface area contributed by atoms with E-state index in [9.17, 15) is 0 Å². The van der Waals surface area contributed by atoms with Crippen molar-refractivity contribution in [2.75, 3.05) is 7.11 Å². The van der Waals surface area contributed by atoms with E-state index in [-0.39, 0.29) is 0 Å². The number of hydrogen-bond acceptors (Lipinski definition) is 2. The number of hydrogen-bond donors (Lipinski definition) is 0. The summed E-state index contributed by atoms with van der Waals surface area (Å²) >= 11 is 0. The molecule has 0 saturated carbocycles. The number of ether oxygens (including phenoxy) is 1. The molecule has 0 aliphatic carbocycles. The first-order valence-corrected chi connectivity index (χ1v) is 5.41. The Morgan fingerprint density at radius 1 is 1.12 bits per heavy atom. The van der Waals surface area contributed by atoms with Crippen LogP contribution in [0.3, 0.4) is 0 Å². The van der Waals surface area contributed by atoms with E-state index in [0.717, 1.165) is 28.0 Å². The zero-order valence-electron chi connectivity index (χ0n) is 9.44. The van der Waals surface area contributed by atoms with Crippen LogP contribution >= 0.6 is 0 Å².